The van der Waals surface area contributed by atoms with E-state index in [2.05, 4.69) is 146 Å². The molecule has 2 heterocycles. The Morgan fingerprint density at radius 2 is 1.15 bits per heavy atom. The van der Waals surface area contributed by atoms with Crippen molar-refractivity contribution in [1.29, 1.82) is 0 Å². The lowest BCUT2D eigenvalue weighted by molar-refractivity contribution is 0.660. The summed E-state index contributed by atoms with van der Waals surface area (Å²) in [6, 6.07) is 49.8. The summed E-state index contributed by atoms with van der Waals surface area (Å²) in [6.07, 6.45) is 0. The average Bonchev–Trinajstić information content (AvgIpc) is 3.72. The van der Waals surface area contributed by atoms with Gasteiger partial charge in [-0.1, -0.05) is 105 Å². The molecule has 1 aliphatic rings. The van der Waals surface area contributed by atoms with Crippen LogP contribution in [0.15, 0.2) is 148 Å². The number of rotatable bonds is 3. The van der Waals surface area contributed by atoms with Crippen LogP contribution in [0.4, 0.5) is 17.1 Å². The second-order valence-corrected chi connectivity index (χ2v) is 12.9. The highest BCUT2D eigenvalue weighted by molar-refractivity contribution is 6.15. The molecular weight excluding hydrogens is 562 g/mol. The Hall–Kier alpha value is -5.80. The lowest BCUT2D eigenvalue weighted by Gasteiger charge is -2.29. The number of hydrogen-bond donors (Lipinski definition) is 0. The van der Waals surface area contributed by atoms with E-state index in [4.69, 9.17) is 8.83 Å². The molecule has 0 amide bonds. The van der Waals surface area contributed by atoms with Crippen molar-refractivity contribution in [2.45, 2.75) is 19.3 Å². The molecule has 0 bridgehead atoms. The molecule has 218 valence electrons. The SMILES string of the molecule is CC1(C)c2ccccc2-c2c(N(c3ccc4oc5ccccc5c4c3)c3cccc4c3oc3cc5ccccc5cc34)cccc21. The molecule has 9 aromatic rings. The van der Waals surface area contributed by atoms with Crippen molar-refractivity contribution in [3.8, 4) is 11.1 Å². The molecule has 10 rings (SSSR count). The third-order valence-electron chi connectivity index (χ3n) is 10.0. The van der Waals surface area contributed by atoms with Crippen LogP contribution >= 0.6 is 0 Å². The fourth-order valence-electron chi connectivity index (χ4n) is 7.83. The molecule has 3 heteroatoms. The van der Waals surface area contributed by atoms with Gasteiger partial charge < -0.3 is 13.7 Å². The Labute approximate surface area is 265 Å². The predicted octanol–water partition coefficient (Wildman–Crippen LogP) is 12.4. The van der Waals surface area contributed by atoms with Gasteiger partial charge in [0.05, 0.1) is 11.4 Å². The normalized spacial score (nSPS) is 13.6. The van der Waals surface area contributed by atoms with E-state index < -0.39 is 0 Å². The van der Waals surface area contributed by atoms with E-state index in [0.29, 0.717) is 0 Å². The monoisotopic (exact) mass is 591 g/mol. The second kappa shape index (κ2) is 9.12. The first-order valence-electron chi connectivity index (χ1n) is 15.9. The van der Waals surface area contributed by atoms with Gasteiger partial charge in [0.25, 0.3) is 0 Å². The first-order valence-corrected chi connectivity index (χ1v) is 15.9. The minimum Gasteiger partial charge on any atom is -0.456 e. The molecule has 0 spiro atoms. The highest BCUT2D eigenvalue weighted by Crippen LogP contribution is 2.55. The summed E-state index contributed by atoms with van der Waals surface area (Å²) in [4.78, 5) is 2.39. The Morgan fingerprint density at radius 3 is 2.07 bits per heavy atom. The molecule has 0 atom stereocenters. The topological polar surface area (TPSA) is 29.5 Å². The maximum absolute atomic E-state index is 6.83. The van der Waals surface area contributed by atoms with Crippen LogP contribution in [0.2, 0.25) is 0 Å². The Bertz CT molecular complexity index is 2690. The summed E-state index contributed by atoms with van der Waals surface area (Å²) in [6.45, 7) is 4.67. The van der Waals surface area contributed by atoms with Gasteiger partial charge in [0, 0.05) is 38.2 Å². The summed E-state index contributed by atoms with van der Waals surface area (Å²) in [7, 11) is 0. The summed E-state index contributed by atoms with van der Waals surface area (Å²) < 4.78 is 13.1. The van der Waals surface area contributed by atoms with Crippen LogP contribution in [0.3, 0.4) is 0 Å². The molecule has 0 unspecified atom stereocenters. The van der Waals surface area contributed by atoms with Crippen molar-refractivity contribution < 1.29 is 8.83 Å². The zero-order valence-electron chi connectivity index (χ0n) is 25.5. The predicted molar refractivity (Wildman–Crippen MR) is 191 cm³/mol. The molecule has 0 aliphatic heterocycles. The Morgan fingerprint density at radius 1 is 0.478 bits per heavy atom. The minimum atomic E-state index is -0.121. The molecule has 7 aromatic carbocycles. The van der Waals surface area contributed by atoms with Gasteiger partial charge in [-0.05, 0) is 76.0 Å². The Balaban J connectivity index is 1.31. The van der Waals surface area contributed by atoms with E-state index in [-0.39, 0.29) is 5.41 Å². The van der Waals surface area contributed by atoms with Crippen molar-refractivity contribution in [3.63, 3.8) is 0 Å². The van der Waals surface area contributed by atoms with Crippen LogP contribution in [0, 0.1) is 0 Å². The standard InChI is InChI=1S/C43H29NO2/c1-43(2)34-16-7-5-14-31(34)41-35(43)17-10-18-36(41)44(28-21-22-39-33(25-28)29-13-6-8-20-38(29)45-39)37-19-9-15-30-32-23-26-11-3-4-12-27(26)24-40(32)46-42(30)37/h3-25H,1-2H3. The Kier molecular flexibility index (Phi) is 5.06. The number of furan rings is 2. The lowest BCUT2D eigenvalue weighted by atomic mass is 9.82. The van der Waals surface area contributed by atoms with Crippen molar-refractivity contribution in [2.24, 2.45) is 0 Å². The fraction of sp³-hybridized carbons (Fsp3) is 0.0698. The first-order chi connectivity index (χ1) is 22.6. The minimum absolute atomic E-state index is 0.121. The smallest absolute Gasteiger partial charge is 0.159 e. The summed E-state index contributed by atoms with van der Waals surface area (Å²) >= 11 is 0. The second-order valence-electron chi connectivity index (χ2n) is 12.9. The molecule has 0 saturated carbocycles. The molecule has 46 heavy (non-hydrogen) atoms. The highest BCUT2D eigenvalue weighted by atomic mass is 16.3. The molecular formula is C43H29NO2. The van der Waals surface area contributed by atoms with Crippen LogP contribution in [0.5, 0.6) is 0 Å². The van der Waals surface area contributed by atoms with Gasteiger partial charge in [-0.15, -0.1) is 0 Å². The number of nitrogens with zero attached hydrogens (tertiary/aromatic N) is 1. The molecule has 0 N–H and O–H groups in total. The molecule has 2 aromatic heterocycles. The third-order valence-corrected chi connectivity index (χ3v) is 10.0. The summed E-state index contributed by atoms with van der Waals surface area (Å²) in [5.74, 6) is 0. The maximum atomic E-state index is 6.83. The number of para-hydroxylation sites is 2. The molecule has 1 aliphatic carbocycles. The summed E-state index contributed by atoms with van der Waals surface area (Å²) in [5.41, 5.74) is 11.8. The van der Waals surface area contributed by atoms with Crippen molar-refractivity contribution in [3.05, 3.63) is 151 Å². The van der Waals surface area contributed by atoms with Crippen LogP contribution in [-0.2, 0) is 5.41 Å². The van der Waals surface area contributed by atoms with Gasteiger partial charge >= 0.3 is 0 Å². The van der Waals surface area contributed by atoms with Crippen molar-refractivity contribution in [1.82, 2.24) is 0 Å². The third kappa shape index (κ3) is 3.43. The largest absolute Gasteiger partial charge is 0.456 e. The number of hydrogen-bond acceptors (Lipinski definition) is 3. The number of benzene rings is 7. The summed E-state index contributed by atoms with van der Waals surface area (Å²) in [5, 5.41) is 6.80. The maximum Gasteiger partial charge on any atom is 0.159 e. The van der Waals surface area contributed by atoms with Gasteiger partial charge in [0.15, 0.2) is 5.58 Å². The zero-order chi connectivity index (χ0) is 30.6. The first kappa shape index (κ1) is 25.5. The number of fused-ring (bicyclic) bond motifs is 10. The van der Waals surface area contributed by atoms with E-state index in [1.54, 1.807) is 0 Å². The van der Waals surface area contributed by atoms with Gasteiger partial charge in [-0.3, -0.25) is 0 Å². The van der Waals surface area contributed by atoms with Crippen LogP contribution in [-0.4, -0.2) is 0 Å². The zero-order valence-corrected chi connectivity index (χ0v) is 25.5. The van der Waals surface area contributed by atoms with Crippen LogP contribution < -0.4 is 4.90 Å². The van der Waals surface area contributed by atoms with Crippen molar-refractivity contribution in [2.75, 3.05) is 4.90 Å². The van der Waals surface area contributed by atoms with Gasteiger partial charge in [0.1, 0.15) is 16.7 Å². The quantitative estimate of drug-likeness (QED) is 0.205. The van der Waals surface area contributed by atoms with Gasteiger partial charge in [-0.2, -0.15) is 0 Å². The van der Waals surface area contributed by atoms with Crippen molar-refractivity contribution >= 4 is 71.7 Å². The van der Waals surface area contributed by atoms with Crippen LogP contribution in [0.1, 0.15) is 25.0 Å². The van der Waals surface area contributed by atoms with E-state index in [0.717, 1.165) is 60.9 Å². The lowest BCUT2D eigenvalue weighted by Crippen LogP contribution is -2.16. The van der Waals surface area contributed by atoms with E-state index in [9.17, 15) is 0 Å². The van der Waals surface area contributed by atoms with E-state index in [1.807, 2.05) is 12.1 Å². The average molecular weight is 592 g/mol. The van der Waals surface area contributed by atoms with Crippen LogP contribution in [0.25, 0.3) is 65.8 Å². The van der Waals surface area contributed by atoms with Gasteiger partial charge in [0.2, 0.25) is 0 Å². The molecule has 0 radical (unpaired) electrons. The number of anilines is 3. The highest BCUT2D eigenvalue weighted by Gasteiger charge is 2.38. The van der Waals surface area contributed by atoms with E-state index >= 15 is 0 Å². The van der Waals surface area contributed by atoms with Gasteiger partial charge in [-0.25, -0.2) is 0 Å². The molecule has 0 fully saturated rings. The fourth-order valence-corrected chi connectivity index (χ4v) is 7.83. The van der Waals surface area contributed by atoms with E-state index in [1.165, 1.54) is 33.0 Å². The molecule has 3 nitrogen and oxygen atoms in total. The molecule has 0 saturated heterocycles.